The van der Waals surface area contributed by atoms with Crippen LogP contribution in [-0.4, -0.2) is 31.4 Å². The fourth-order valence-electron chi connectivity index (χ4n) is 2.11. The molecule has 2 rings (SSSR count). The Labute approximate surface area is 145 Å². The number of benzene rings is 2. The zero-order valence-electron chi connectivity index (χ0n) is 13.7. The summed E-state index contributed by atoms with van der Waals surface area (Å²) >= 11 is 0. The molecule has 0 fully saturated rings. The Balaban J connectivity index is 2.14. The summed E-state index contributed by atoms with van der Waals surface area (Å²) in [6.07, 6.45) is 1.57. The topological polar surface area (TPSA) is 84.5 Å². The van der Waals surface area contributed by atoms with Crippen LogP contribution in [0.4, 0.5) is 5.69 Å². The first-order valence-corrected chi connectivity index (χ1v) is 7.54. The second kappa shape index (κ2) is 8.44. The molecule has 0 spiro atoms. The first-order valence-electron chi connectivity index (χ1n) is 7.54. The molecule has 0 atom stereocenters. The van der Waals surface area contributed by atoms with Crippen LogP contribution in [0.5, 0.6) is 0 Å². The van der Waals surface area contributed by atoms with Crippen LogP contribution in [0.3, 0.4) is 0 Å². The molecule has 2 N–H and O–H groups in total. The Hall–Kier alpha value is -3.41. The van der Waals surface area contributed by atoms with Crippen molar-refractivity contribution in [2.24, 2.45) is 0 Å². The molecule has 0 aliphatic rings. The first-order chi connectivity index (χ1) is 12.0. The fraction of sp³-hybridized carbons (Fsp3) is 0.105. The predicted octanol–water partition coefficient (Wildman–Crippen LogP) is 2.64. The maximum absolute atomic E-state index is 12.4. The van der Waals surface area contributed by atoms with Crippen molar-refractivity contribution >= 4 is 23.5 Å². The number of esters is 1. The lowest BCUT2D eigenvalue weighted by molar-refractivity contribution is 0.0600. The molecular weight excluding hydrogens is 320 g/mol. The standard InChI is InChI=1S/C19H18N2O4/c1-3-10-20-17(22)13-6-4-7-14(11-13)18(23)21-16-9-5-8-15(12-16)19(24)25-2/h3-9,11-12H,1,10H2,2H3,(H,20,22)(H,21,23). The van der Waals surface area contributed by atoms with E-state index in [4.69, 9.17) is 0 Å². The van der Waals surface area contributed by atoms with Gasteiger partial charge in [-0.3, -0.25) is 9.59 Å². The van der Waals surface area contributed by atoms with E-state index in [1.165, 1.54) is 19.2 Å². The molecule has 0 saturated heterocycles. The highest BCUT2D eigenvalue weighted by molar-refractivity contribution is 6.06. The third kappa shape index (κ3) is 4.78. The van der Waals surface area contributed by atoms with Crippen molar-refractivity contribution in [2.75, 3.05) is 19.0 Å². The number of anilines is 1. The summed E-state index contributed by atoms with van der Waals surface area (Å²) in [5, 5.41) is 5.34. The molecule has 2 amide bonds. The van der Waals surface area contributed by atoms with Gasteiger partial charge < -0.3 is 15.4 Å². The number of amides is 2. The van der Waals surface area contributed by atoms with Gasteiger partial charge in [-0.1, -0.05) is 18.2 Å². The van der Waals surface area contributed by atoms with E-state index in [2.05, 4.69) is 21.9 Å². The molecule has 0 aliphatic carbocycles. The van der Waals surface area contributed by atoms with E-state index in [0.717, 1.165) is 0 Å². The molecule has 0 aromatic heterocycles. The van der Waals surface area contributed by atoms with Crippen LogP contribution in [0.1, 0.15) is 31.1 Å². The molecule has 2 aromatic rings. The Kier molecular flexibility index (Phi) is 6.06. The number of methoxy groups -OCH3 is 1. The van der Waals surface area contributed by atoms with Gasteiger partial charge in [-0.05, 0) is 36.4 Å². The molecule has 0 aliphatic heterocycles. The molecule has 0 heterocycles. The molecule has 0 radical (unpaired) electrons. The second-order valence-corrected chi connectivity index (χ2v) is 5.11. The van der Waals surface area contributed by atoms with Gasteiger partial charge in [0.25, 0.3) is 11.8 Å². The van der Waals surface area contributed by atoms with Crippen LogP contribution < -0.4 is 10.6 Å². The Morgan fingerprint density at radius 3 is 2.32 bits per heavy atom. The van der Waals surface area contributed by atoms with Gasteiger partial charge in [0.1, 0.15) is 0 Å². The highest BCUT2D eigenvalue weighted by Crippen LogP contribution is 2.14. The third-order valence-corrected chi connectivity index (χ3v) is 3.34. The number of hydrogen-bond acceptors (Lipinski definition) is 4. The minimum atomic E-state index is -0.489. The van der Waals surface area contributed by atoms with Gasteiger partial charge in [0.15, 0.2) is 0 Å². The van der Waals surface area contributed by atoms with Gasteiger partial charge in [-0.2, -0.15) is 0 Å². The van der Waals surface area contributed by atoms with Gasteiger partial charge in [0.2, 0.25) is 0 Å². The Morgan fingerprint density at radius 2 is 1.64 bits per heavy atom. The van der Waals surface area contributed by atoms with Crippen LogP contribution in [0, 0.1) is 0 Å². The van der Waals surface area contributed by atoms with E-state index < -0.39 is 5.97 Å². The van der Waals surface area contributed by atoms with Gasteiger partial charge in [0.05, 0.1) is 12.7 Å². The Bertz CT molecular complexity index is 815. The lowest BCUT2D eigenvalue weighted by atomic mass is 10.1. The highest BCUT2D eigenvalue weighted by atomic mass is 16.5. The summed E-state index contributed by atoms with van der Waals surface area (Å²) in [6, 6.07) is 12.7. The summed E-state index contributed by atoms with van der Waals surface area (Å²) in [6.45, 7) is 3.88. The minimum absolute atomic E-state index is 0.290. The fourth-order valence-corrected chi connectivity index (χ4v) is 2.11. The number of hydrogen-bond donors (Lipinski definition) is 2. The average molecular weight is 338 g/mol. The van der Waals surface area contributed by atoms with Gasteiger partial charge in [-0.15, -0.1) is 6.58 Å². The first kappa shape index (κ1) is 17.9. The number of carbonyl (C=O) groups excluding carboxylic acids is 3. The quantitative estimate of drug-likeness (QED) is 0.626. The number of carbonyl (C=O) groups is 3. The highest BCUT2D eigenvalue weighted by Gasteiger charge is 2.12. The smallest absolute Gasteiger partial charge is 0.337 e. The zero-order chi connectivity index (χ0) is 18.2. The van der Waals surface area contributed by atoms with E-state index in [1.807, 2.05) is 0 Å². The van der Waals surface area contributed by atoms with E-state index in [0.29, 0.717) is 28.9 Å². The lowest BCUT2D eigenvalue weighted by Crippen LogP contribution is -2.23. The van der Waals surface area contributed by atoms with Gasteiger partial charge >= 0.3 is 5.97 Å². The number of nitrogens with one attached hydrogen (secondary N) is 2. The van der Waals surface area contributed by atoms with Crippen LogP contribution >= 0.6 is 0 Å². The predicted molar refractivity (Wildman–Crippen MR) is 94.7 cm³/mol. The van der Waals surface area contributed by atoms with Crippen LogP contribution in [0.15, 0.2) is 61.2 Å². The largest absolute Gasteiger partial charge is 0.465 e. The third-order valence-electron chi connectivity index (χ3n) is 3.34. The van der Waals surface area contributed by atoms with E-state index in [9.17, 15) is 14.4 Å². The number of ether oxygens (including phenoxy) is 1. The van der Waals surface area contributed by atoms with Crippen LogP contribution in [0.2, 0.25) is 0 Å². The monoisotopic (exact) mass is 338 g/mol. The van der Waals surface area contributed by atoms with E-state index >= 15 is 0 Å². The van der Waals surface area contributed by atoms with Crippen LogP contribution in [0.25, 0.3) is 0 Å². The molecule has 6 nitrogen and oxygen atoms in total. The summed E-state index contributed by atoms with van der Waals surface area (Å²) in [5.74, 6) is -1.17. The molecule has 0 saturated carbocycles. The van der Waals surface area contributed by atoms with E-state index in [-0.39, 0.29) is 11.8 Å². The van der Waals surface area contributed by atoms with Gasteiger partial charge in [0, 0.05) is 23.4 Å². The van der Waals surface area contributed by atoms with Crippen molar-refractivity contribution in [3.63, 3.8) is 0 Å². The summed E-state index contributed by atoms with van der Waals surface area (Å²) < 4.78 is 4.65. The Morgan fingerprint density at radius 1 is 1.00 bits per heavy atom. The second-order valence-electron chi connectivity index (χ2n) is 5.11. The van der Waals surface area contributed by atoms with Crippen molar-refractivity contribution in [1.29, 1.82) is 0 Å². The molecular formula is C19H18N2O4. The van der Waals surface area contributed by atoms with Crippen molar-refractivity contribution in [3.05, 3.63) is 77.9 Å². The van der Waals surface area contributed by atoms with Gasteiger partial charge in [-0.25, -0.2) is 4.79 Å². The summed E-state index contributed by atoms with van der Waals surface area (Å²) in [4.78, 5) is 35.9. The SMILES string of the molecule is C=CCNC(=O)c1cccc(C(=O)Nc2cccc(C(=O)OC)c2)c1. The van der Waals surface area contributed by atoms with Crippen molar-refractivity contribution in [3.8, 4) is 0 Å². The number of rotatable bonds is 6. The van der Waals surface area contributed by atoms with Crippen molar-refractivity contribution < 1.29 is 19.1 Å². The lowest BCUT2D eigenvalue weighted by Gasteiger charge is -2.08. The molecule has 25 heavy (non-hydrogen) atoms. The average Bonchev–Trinajstić information content (AvgIpc) is 2.65. The normalized spacial score (nSPS) is 9.80. The van der Waals surface area contributed by atoms with Crippen molar-refractivity contribution in [1.82, 2.24) is 5.32 Å². The summed E-state index contributed by atoms with van der Waals surface area (Å²) in [5.41, 5.74) is 1.49. The van der Waals surface area contributed by atoms with Crippen LogP contribution in [-0.2, 0) is 4.74 Å². The maximum Gasteiger partial charge on any atom is 0.337 e. The molecule has 128 valence electrons. The maximum atomic E-state index is 12.4. The minimum Gasteiger partial charge on any atom is -0.465 e. The zero-order valence-corrected chi connectivity index (χ0v) is 13.7. The van der Waals surface area contributed by atoms with Crippen molar-refractivity contribution in [2.45, 2.75) is 0 Å². The van der Waals surface area contributed by atoms with E-state index in [1.54, 1.807) is 42.5 Å². The molecule has 0 unspecified atom stereocenters. The molecule has 2 aromatic carbocycles. The molecule has 6 heteroatoms. The summed E-state index contributed by atoms with van der Waals surface area (Å²) in [7, 11) is 1.29. The molecule has 0 bridgehead atoms.